The van der Waals surface area contributed by atoms with Gasteiger partial charge in [0.2, 0.25) is 0 Å². The van der Waals surface area contributed by atoms with Crippen molar-refractivity contribution in [3.63, 3.8) is 0 Å². The zero-order valence-electron chi connectivity index (χ0n) is 14.0. The zero-order valence-corrected chi connectivity index (χ0v) is 14.7. The molecule has 1 atom stereocenters. The van der Waals surface area contributed by atoms with Gasteiger partial charge in [-0.2, -0.15) is 5.26 Å². The third-order valence-corrected chi connectivity index (χ3v) is 3.66. The molecule has 0 spiro atoms. The molecule has 0 aromatic heterocycles. The summed E-state index contributed by atoms with van der Waals surface area (Å²) < 4.78 is 4.50. The Morgan fingerprint density at radius 1 is 1.28 bits per heavy atom. The number of nitro groups is 1. The van der Waals surface area contributed by atoms with E-state index >= 15 is 0 Å². The molecular weight excluding hydrogens is 352 g/mol. The van der Waals surface area contributed by atoms with Gasteiger partial charge in [-0.25, -0.2) is 4.79 Å². The van der Waals surface area contributed by atoms with E-state index in [-0.39, 0.29) is 10.6 Å². The molecule has 0 fully saturated rings. The summed E-state index contributed by atoms with van der Waals surface area (Å²) >= 11 is 5.82. The molecule has 0 saturated carbocycles. The first-order valence-electron chi connectivity index (χ1n) is 7.00. The predicted molar refractivity (Wildman–Crippen MR) is 87.3 cm³/mol. The number of esters is 1. The second-order valence-electron chi connectivity index (χ2n) is 6.14. The van der Waals surface area contributed by atoms with Gasteiger partial charge in [0.05, 0.1) is 34.3 Å². The first kappa shape index (κ1) is 20.3. The Hall–Kier alpha value is -2.79. The van der Waals surface area contributed by atoms with Crippen LogP contribution in [-0.4, -0.2) is 29.6 Å². The second-order valence-corrected chi connectivity index (χ2v) is 6.55. The number of carbonyl (C=O) groups excluding carboxylic acids is 3. The Balaban J connectivity index is 3.60. The maximum absolute atomic E-state index is 12.6. The summed E-state index contributed by atoms with van der Waals surface area (Å²) in [5.41, 5.74) is -2.55. The molecule has 1 rings (SSSR count). The molecule has 0 amide bonds. The molecule has 8 nitrogen and oxygen atoms in total. The molecule has 132 valence electrons. The Labute approximate surface area is 148 Å². The lowest BCUT2D eigenvalue weighted by atomic mass is 9.80. The highest BCUT2D eigenvalue weighted by atomic mass is 35.5. The minimum absolute atomic E-state index is 0.280. The van der Waals surface area contributed by atoms with Crippen LogP contribution in [0.3, 0.4) is 0 Å². The van der Waals surface area contributed by atoms with Crippen molar-refractivity contribution < 1.29 is 24.0 Å². The van der Waals surface area contributed by atoms with Crippen LogP contribution in [0.4, 0.5) is 5.69 Å². The fourth-order valence-corrected chi connectivity index (χ4v) is 2.24. The normalized spacial score (nSPS) is 12.0. The van der Waals surface area contributed by atoms with Gasteiger partial charge in [0.25, 0.3) is 5.69 Å². The van der Waals surface area contributed by atoms with Gasteiger partial charge in [-0.3, -0.25) is 19.7 Å². The summed E-state index contributed by atoms with van der Waals surface area (Å²) in [4.78, 5) is 47.0. The highest BCUT2D eigenvalue weighted by Crippen LogP contribution is 2.31. The van der Waals surface area contributed by atoms with Crippen molar-refractivity contribution in [1.29, 1.82) is 5.26 Å². The van der Waals surface area contributed by atoms with E-state index in [0.717, 1.165) is 19.2 Å². The average molecular weight is 367 g/mol. The van der Waals surface area contributed by atoms with Gasteiger partial charge in [-0.05, 0) is 6.07 Å². The van der Waals surface area contributed by atoms with Crippen LogP contribution in [-0.2, 0) is 9.53 Å². The summed E-state index contributed by atoms with van der Waals surface area (Å²) in [5.74, 6) is -4.42. The fraction of sp³-hybridized carbons (Fsp3) is 0.375. The van der Waals surface area contributed by atoms with Gasteiger partial charge < -0.3 is 4.74 Å². The third kappa shape index (κ3) is 4.19. The highest BCUT2D eigenvalue weighted by molar-refractivity contribution is 6.34. The maximum Gasteiger partial charge on any atom is 0.339 e. The molecule has 1 aromatic carbocycles. The molecule has 0 aliphatic carbocycles. The van der Waals surface area contributed by atoms with Crippen LogP contribution in [0, 0.1) is 32.8 Å². The fourth-order valence-electron chi connectivity index (χ4n) is 2.00. The number of Topliss-reactive ketones (excluding diaryl/α,β-unsaturated/α-hetero) is 2. The second kappa shape index (κ2) is 7.40. The van der Waals surface area contributed by atoms with E-state index < -0.39 is 45.0 Å². The van der Waals surface area contributed by atoms with Crippen molar-refractivity contribution in [2.45, 2.75) is 20.8 Å². The average Bonchev–Trinajstić information content (AvgIpc) is 2.53. The molecule has 0 aliphatic heterocycles. The summed E-state index contributed by atoms with van der Waals surface area (Å²) in [7, 11) is 1.07. The van der Waals surface area contributed by atoms with Gasteiger partial charge in [0, 0.05) is 11.5 Å². The van der Waals surface area contributed by atoms with Gasteiger partial charge in [-0.1, -0.05) is 32.4 Å². The highest BCUT2D eigenvalue weighted by Gasteiger charge is 2.38. The molecule has 1 aromatic rings. The summed E-state index contributed by atoms with van der Waals surface area (Å²) in [6, 6.07) is 3.27. The molecule has 1 unspecified atom stereocenters. The van der Waals surface area contributed by atoms with E-state index in [4.69, 9.17) is 11.6 Å². The number of ether oxygens (including phenoxy) is 1. The summed E-state index contributed by atoms with van der Waals surface area (Å²) in [5, 5.41) is 20.2. The van der Waals surface area contributed by atoms with Crippen LogP contribution in [0.2, 0.25) is 5.02 Å². The van der Waals surface area contributed by atoms with E-state index in [1.54, 1.807) is 6.07 Å². The number of methoxy groups -OCH3 is 1. The number of hydrogen-bond acceptors (Lipinski definition) is 7. The molecule has 0 saturated heterocycles. The summed E-state index contributed by atoms with van der Waals surface area (Å²) in [6.45, 7) is 4.55. The van der Waals surface area contributed by atoms with E-state index in [0.29, 0.717) is 0 Å². The number of nitriles is 1. The van der Waals surface area contributed by atoms with Crippen molar-refractivity contribution in [2.75, 3.05) is 7.11 Å². The largest absolute Gasteiger partial charge is 0.465 e. The Kier molecular flexibility index (Phi) is 6.00. The number of nitro benzene ring substituents is 1. The van der Waals surface area contributed by atoms with Gasteiger partial charge in [-0.15, -0.1) is 0 Å². The first-order valence-corrected chi connectivity index (χ1v) is 7.37. The Morgan fingerprint density at radius 2 is 1.84 bits per heavy atom. The number of ketones is 2. The molecule has 0 bridgehead atoms. The lowest BCUT2D eigenvalue weighted by Crippen LogP contribution is -2.33. The van der Waals surface area contributed by atoms with Crippen LogP contribution in [0.25, 0.3) is 0 Å². The van der Waals surface area contributed by atoms with E-state index in [1.165, 1.54) is 20.8 Å². The zero-order chi connectivity index (χ0) is 19.5. The van der Waals surface area contributed by atoms with Crippen LogP contribution in [0.5, 0.6) is 0 Å². The summed E-state index contributed by atoms with van der Waals surface area (Å²) in [6.07, 6.45) is 0. The smallest absolute Gasteiger partial charge is 0.339 e. The minimum Gasteiger partial charge on any atom is -0.465 e. The topological polar surface area (TPSA) is 127 Å². The first-order chi connectivity index (χ1) is 11.4. The van der Waals surface area contributed by atoms with E-state index in [2.05, 4.69) is 4.74 Å². The van der Waals surface area contributed by atoms with Crippen molar-refractivity contribution in [2.24, 2.45) is 11.3 Å². The van der Waals surface area contributed by atoms with E-state index in [9.17, 15) is 29.8 Å². The standard InChI is InChI=1S/C16H15ClN2O6/c1-16(2,3)14(21)10(7-18)13(20)9-5-8(15(22)25-4)11(17)6-12(9)19(23)24/h5-6,10H,1-4H3. The lowest BCUT2D eigenvalue weighted by molar-refractivity contribution is -0.385. The van der Waals surface area contributed by atoms with E-state index in [1.807, 2.05) is 0 Å². The molecular formula is C16H15ClN2O6. The quantitative estimate of drug-likeness (QED) is 0.257. The van der Waals surface area contributed by atoms with Crippen LogP contribution < -0.4 is 0 Å². The predicted octanol–water partition coefficient (Wildman–Crippen LogP) is 2.97. The number of carbonyl (C=O) groups is 3. The van der Waals surface area contributed by atoms with Crippen molar-refractivity contribution >= 4 is 34.8 Å². The van der Waals surface area contributed by atoms with Gasteiger partial charge in [0.15, 0.2) is 17.5 Å². The minimum atomic E-state index is -1.75. The lowest BCUT2D eigenvalue weighted by Gasteiger charge is -2.19. The molecule has 0 aliphatic rings. The molecule has 0 N–H and O–H groups in total. The molecule has 25 heavy (non-hydrogen) atoms. The van der Waals surface area contributed by atoms with Crippen molar-refractivity contribution in [1.82, 2.24) is 0 Å². The van der Waals surface area contributed by atoms with Crippen molar-refractivity contribution in [3.8, 4) is 6.07 Å². The van der Waals surface area contributed by atoms with Gasteiger partial charge in [0.1, 0.15) is 0 Å². The molecule has 0 heterocycles. The molecule has 9 heteroatoms. The van der Waals surface area contributed by atoms with Crippen LogP contribution >= 0.6 is 11.6 Å². The third-order valence-electron chi connectivity index (χ3n) is 3.35. The Bertz CT molecular complexity index is 804. The number of rotatable bonds is 5. The van der Waals surface area contributed by atoms with Gasteiger partial charge >= 0.3 is 5.97 Å². The monoisotopic (exact) mass is 366 g/mol. The SMILES string of the molecule is COC(=O)c1cc(C(=O)C(C#N)C(=O)C(C)(C)C)c([N+](=O)[O-])cc1Cl. The van der Waals surface area contributed by atoms with Crippen LogP contribution in [0.15, 0.2) is 12.1 Å². The van der Waals surface area contributed by atoms with Crippen LogP contribution in [0.1, 0.15) is 41.5 Å². The number of halogens is 1. The van der Waals surface area contributed by atoms with Crippen molar-refractivity contribution in [3.05, 3.63) is 38.4 Å². The Morgan fingerprint density at radius 3 is 2.24 bits per heavy atom. The number of hydrogen-bond donors (Lipinski definition) is 0. The number of nitrogens with zero attached hydrogens (tertiary/aromatic N) is 2. The maximum atomic E-state index is 12.6. The number of benzene rings is 1. The molecule has 0 radical (unpaired) electrons.